The summed E-state index contributed by atoms with van der Waals surface area (Å²) in [7, 11) is 0. The highest BCUT2D eigenvalue weighted by Crippen LogP contribution is 2.30. The SMILES string of the molecule is Nc1cccc(C(=O)Oc2ccccc2-c2ccccc2)c1. The first-order chi connectivity index (χ1) is 10.7. The van der Waals surface area contributed by atoms with E-state index in [9.17, 15) is 4.79 Å². The van der Waals surface area contributed by atoms with Crippen LogP contribution < -0.4 is 10.5 Å². The van der Waals surface area contributed by atoms with Gasteiger partial charge >= 0.3 is 5.97 Å². The maximum absolute atomic E-state index is 12.3. The number of benzene rings is 3. The minimum absolute atomic E-state index is 0.421. The lowest BCUT2D eigenvalue weighted by atomic mass is 10.0. The van der Waals surface area contributed by atoms with E-state index in [1.807, 2.05) is 48.5 Å². The number of hydrogen-bond acceptors (Lipinski definition) is 3. The van der Waals surface area contributed by atoms with Crippen LogP contribution in [0, 0.1) is 0 Å². The van der Waals surface area contributed by atoms with Crippen molar-refractivity contribution < 1.29 is 9.53 Å². The Labute approximate surface area is 129 Å². The Kier molecular flexibility index (Phi) is 3.88. The Morgan fingerprint density at radius 2 is 1.55 bits per heavy atom. The fraction of sp³-hybridized carbons (Fsp3) is 0. The molecule has 0 amide bonds. The summed E-state index contributed by atoms with van der Waals surface area (Å²) in [4.78, 5) is 12.3. The van der Waals surface area contributed by atoms with Crippen LogP contribution in [0.3, 0.4) is 0 Å². The number of rotatable bonds is 3. The fourth-order valence-electron chi connectivity index (χ4n) is 2.24. The highest BCUT2D eigenvalue weighted by atomic mass is 16.5. The van der Waals surface area contributed by atoms with E-state index in [1.165, 1.54) is 0 Å². The molecule has 0 saturated carbocycles. The van der Waals surface area contributed by atoms with Gasteiger partial charge in [-0.05, 0) is 29.8 Å². The first-order valence-corrected chi connectivity index (χ1v) is 6.96. The van der Waals surface area contributed by atoms with E-state index in [4.69, 9.17) is 10.5 Å². The van der Waals surface area contributed by atoms with Crippen LogP contribution in [0.5, 0.6) is 5.75 Å². The summed E-state index contributed by atoms with van der Waals surface area (Å²) in [5.74, 6) is 0.108. The number of nitrogens with two attached hydrogens (primary N) is 1. The molecule has 0 aliphatic heterocycles. The van der Waals surface area contributed by atoms with Gasteiger partial charge in [-0.2, -0.15) is 0 Å². The zero-order chi connectivity index (χ0) is 15.4. The largest absolute Gasteiger partial charge is 0.422 e. The minimum atomic E-state index is -0.421. The highest BCUT2D eigenvalue weighted by molar-refractivity contribution is 5.93. The van der Waals surface area contributed by atoms with Gasteiger partial charge in [-0.3, -0.25) is 0 Å². The lowest BCUT2D eigenvalue weighted by Gasteiger charge is -2.10. The summed E-state index contributed by atoms with van der Waals surface area (Å²) >= 11 is 0. The molecule has 3 aromatic rings. The molecular formula is C19H15NO2. The van der Waals surface area contributed by atoms with Crippen molar-refractivity contribution in [3.05, 3.63) is 84.4 Å². The molecule has 0 aromatic heterocycles. The number of carbonyl (C=O) groups is 1. The summed E-state index contributed by atoms with van der Waals surface area (Å²) < 4.78 is 5.55. The number of esters is 1. The summed E-state index contributed by atoms with van der Waals surface area (Å²) in [5, 5.41) is 0. The Morgan fingerprint density at radius 3 is 2.32 bits per heavy atom. The van der Waals surface area contributed by atoms with Crippen molar-refractivity contribution in [2.24, 2.45) is 0 Å². The van der Waals surface area contributed by atoms with Crippen molar-refractivity contribution in [1.82, 2.24) is 0 Å². The van der Waals surface area contributed by atoms with Gasteiger partial charge in [0.15, 0.2) is 0 Å². The van der Waals surface area contributed by atoms with Gasteiger partial charge in [0.25, 0.3) is 0 Å². The number of hydrogen-bond donors (Lipinski definition) is 1. The van der Waals surface area contributed by atoms with Crippen molar-refractivity contribution in [2.45, 2.75) is 0 Å². The first kappa shape index (κ1) is 13.9. The molecule has 3 rings (SSSR count). The summed E-state index contributed by atoms with van der Waals surface area (Å²) in [6, 6.07) is 24.0. The van der Waals surface area contributed by atoms with Crippen LogP contribution in [0.1, 0.15) is 10.4 Å². The van der Waals surface area contributed by atoms with Gasteiger partial charge in [0.05, 0.1) is 5.56 Å². The quantitative estimate of drug-likeness (QED) is 0.447. The normalized spacial score (nSPS) is 10.2. The molecule has 108 valence electrons. The summed E-state index contributed by atoms with van der Waals surface area (Å²) in [6.45, 7) is 0. The number of nitrogen functional groups attached to an aromatic ring is 1. The van der Waals surface area contributed by atoms with Gasteiger partial charge < -0.3 is 10.5 Å². The molecule has 22 heavy (non-hydrogen) atoms. The van der Waals surface area contributed by atoms with Crippen LogP contribution in [0.15, 0.2) is 78.9 Å². The lowest BCUT2D eigenvalue weighted by molar-refractivity contribution is 0.0735. The Hall–Kier alpha value is -3.07. The van der Waals surface area contributed by atoms with Crippen LogP contribution in [0.25, 0.3) is 11.1 Å². The van der Waals surface area contributed by atoms with E-state index >= 15 is 0 Å². The molecule has 0 aliphatic rings. The average Bonchev–Trinajstić information content (AvgIpc) is 2.56. The summed E-state index contributed by atoms with van der Waals surface area (Å²) in [5.41, 5.74) is 8.54. The predicted octanol–water partition coefficient (Wildman–Crippen LogP) is 4.16. The van der Waals surface area contributed by atoms with E-state index in [2.05, 4.69) is 0 Å². The summed E-state index contributed by atoms with van der Waals surface area (Å²) in [6.07, 6.45) is 0. The number of carbonyl (C=O) groups excluding carboxylic acids is 1. The van der Waals surface area contributed by atoms with Crippen molar-refractivity contribution in [3.63, 3.8) is 0 Å². The van der Waals surface area contributed by atoms with Gasteiger partial charge in [0.1, 0.15) is 5.75 Å². The average molecular weight is 289 g/mol. The molecule has 0 saturated heterocycles. The predicted molar refractivity (Wildman–Crippen MR) is 87.7 cm³/mol. The van der Waals surface area contributed by atoms with Gasteiger partial charge in [0, 0.05) is 11.3 Å². The molecule has 2 N–H and O–H groups in total. The van der Waals surface area contributed by atoms with Crippen LogP contribution in [0.4, 0.5) is 5.69 Å². The van der Waals surface area contributed by atoms with E-state index < -0.39 is 5.97 Å². The van der Waals surface area contributed by atoms with Crippen LogP contribution in [-0.2, 0) is 0 Å². The third-order valence-electron chi connectivity index (χ3n) is 3.30. The second kappa shape index (κ2) is 6.14. The van der Waals surface area contributed by atoms with Gasteiger partial charge in [-0.15, -0.1) is 0 Å². The van der Waals surface area contributed by atoms with Gasteiger partial charge in [-0.25, -0.2) is 4.79 Å². The maximum Gasteiger partial charge on any atom is 0.343 e. The molecule has 3 nitrogen and oxygen atoms in total. The second-order valence-corrected chi connectivity index (χ2v) is 4.88. The minimum Gasteiger partial charge on any atom is -0.422 e. The molecule has 0 unspecified atom stereocenters. The van der Waals surface area contributed by atoms with Crippen molar-refractivity contribution in [3.8, 4) is 16.9 Å². The Morgan fingerprint density at radius 1 is 0.818 bits per heavy atom. The van der Waals surface area contributed by atoms with Gasteiger partial charge in [-0.1, -0.05) is 54.6 Å². The first-order valence-electron chi connectivity index (χ1n) is 6.96. The standard InChI is InChI=1S/C19H15NO2/c20-16-10-6-9-15(13-16)19(21)22-18-12-5-4-11-17(18)14-7-2-1-3-8-14/h1-13H,20H2. The lowest BCUT2D eigenvalue weighted by Crippen LogP contribution is -2.09. The van der Waals surface area contributed by atoms with Crippen molar-refractivity contribution in [1.29, 1.82) is 0 Å². The van der Waals surface area contributed by atoms with Crippen molar-refractivity contribution in [2.75, 3.05) is 5.73 Å². The van der Waals surface area contributed by atoms with E-state index in [0.717, 1.165) is 11.1 Å². The monoisotopic (exact) mass is 289 g/mol. The number of anilines is 1. The second-order valence-electron chi connectivity index (χ2n) is 4.88. The molecule has 3 aromatic carbocycles. The smallest absolute Gasteiger partial charge is 0.343 e. The van der Waals surface area contributed by atoms with E-state index in [1.54, 1.807) is 30.3 Å². The Bertz CT molecular complexity index is 797. The van der Waals surface area contributed by atoms with Crippen LogP contribution in [0.2, 0.25) is 0 Å². The number of ether oxygens (including phenoxy) is 1. The van der Waals surface area contributed by atoms with Crippen LogP contribution >= 0.6 is 0 Å². The molecule has 0 aliphatic carbocycles. The third-order valence-corrected chi connectivity index (χ3v) is 3.30. The van der Waals surface area contributed by atoms with E-state index in [0.29, 0.717) is 17.0 Å². The molecular weight excluding hydrogens is 274 g/mol. The highest BCUT2D eigenvalue weighted by Gasteiger charge is 2.12. The third kappa shape index (κ3) is 2.99. The topological polar surface area (TPSA) is 52.3 Å². The molecule has 0 atom stereocenters. The molecule has 0 heterocycles. The van der Waals surface area contributed by atoms with Gasteiger partial charge in [0.2, 0.25) is 0 Å². The Balaban J connectivity index is 1.92. The zero-order valence-corrected chi connectivity index (χ0v) is 11.9. The molecule has 0 fully saturated rings. The van der Waals surface area contributed by atoms with E-state index in [-0.39, 0.29) is 0 Å². The van der Waals surface area contributed by atoms with Crippen molar-refractivity contribution >= 4 is 11.7 Å². The molecule has 0 bridgehead atoms. The molecule has 0 spiro atoms. The zero-order valence-electron chi connectivity index (χ0n) is 11.9. The maximum atomic E-state index is 12.3. The fourth-order valence-corrected chi connectivity index (χ4v) is 2.24. The molecule has 3 heteroatoms. The molecule has 0 radical (unpaired) electrons. The number of para-hydroxylation sites is 1. The van der Waals surface area contributed by atoms with Crippen LogP contribution in [-0.4, -0.2) is 5.97 Å².